The van der Waals surface area contributed by atoms with Crippen molar-refractivity contribution in [3.05, 3.63) is 81.8 Å². The minimum Gasteiger partial charge on any atom is -0.497 e. The van der Waals surface area contributed by atoms with E-state index in [4.69, 9.17) is 9.47 Å². The third-order valence-electron chi connectivity index (χ3n) is 4.48. The molecule has 0 saturated heterocycles. The van der Waals surface area contributed by atoms with Gasteiger partial charge in [-0.1, -0.05) is 42.1 Å². The third-order valence-corrected chi connectivity index (χ3v) is 5.42. The molecule has 8 heteroatoms. The van der Waals surface area contributed by atoms with E-state index in [9.17, 15) is 9.59 Å². The lowest BCUT2D eigenvalue weighted by atomic mass is 10.1. The van der Waals surface area contributed by atoms with Crippen LogP contribution in [0.2, 0.25) is 0 Å². The van der Waals surface area contributed by atoms with Gasteiger partial charge in [0.05, 0.1) is 26.3 Å². The highest BCUT2D eigenvalue weighted by molar-refractivity contribution is 7.98. The number of hydrogen-bond acceptors (Lipinski definition) is 6. The van der Waals surface area contributed by atoms with Crippen molar-refractivity contribution in [2.24, 2.45) is 0 Å². The van der Waals surface area contributed by atoms with E-state index in [1.54, 1.807) is 20.3 Å². The van der Waals surface area contributed by atoms with E-state index in [0.717, 1.165) is 17.5 Å². The van der Waals surface area contributed by atoms with E-state index < -0.39 is 0 Å². The van der Waals surface area contributed by atoms with Crippen LogP contribution in [-0.2, 0) is 23.4 Å². The zero-order chi connectivity index (χ0) is 22.1. The van der Waals surface area contributed by atoms with Gasteiger partial charge in [-0.2, -0.15) is 0 Å². The molecule has 0 bridgehead atoms. The number of aromatic nitrogens is 2. The standard InChI is InChI=1S/C23H25N3O4S/c1-29-19-10-17(11-20(14-19)30-2)15-31-23-25-18(13-22(28)26-23)12-21(27)24-9-8-16-6-4-3-5-7-16/h3-7,10-11,13-14H,8-9,12,15H2,1-2H3,(H,24,27)(H,25,26,28). The van der Waals surface area contributed by atoms with Gasteiger partial charge in [-0.3, -0.25) is 9.59 Å². The average Bonchev–Trinajstić information content (AvgIpc) is 2.77. The van der Waals surface area contributed by atoms with Crippen LogP contribution in [0.3, 0.4) is 0 Å². The molecule has 0 atom stereocenters. The Bertz CT molecular complexity index is 1050. The Morgan fingerprint density at radius 3 is 2.42 bits per heavy atom. The molecule has 31 heavy (non-hydrogen) atoms. The van der Waals surface area contributed by atoms with Crippen molar-refractivity contribution in [1.29, 1.82) is 0 Å². The van der Waals surface area contributed by atoms with Crippen LogP contribution in [-0.4, -0.2) is 36.6 Å². The summed E-state index contributed by atoms with van der Waals surface area (Å²) < 4.78 is 10.6. The minimum absolute atomic E-state index is 0.0548. The molecule has 0 unspecified atom stereocenters. The highest BCUT2D eigenvalue weighted by atomic mass is 32.2. The molecule has 0 aliphatic heterocycles. The molecule has 0 spiro atoms. The maximum Gasteiger partial charge on any atom is 0.251 e. The van der Waals surface area contributed by atoms with Gasteiger partial charge in [-0.05, 0) is 29.7 Å². The number of hydrogen-bond donors (Lipinski definition) is 2. The molecule has 7 nitrogen and oxygen atoms in total. The van der Waals surface area contributed by atoms with Crippen LogP contribution in [0, 0.1) is 0 Å². The van der Waals surface area contributed by atoms with Crippen molar-refractivity contribution >= 4 is 17.7 Å². The van der Waals surface area contributed by atoms with Crippen LogP contribution in [0.1, 0.15) is 16.8 Å². The number of amides is 1. The summed E-state index contributed by atoms with van der Waals surface area (Å²) in [5.74, 6) is 1.78. The van der Waals surface area contributed by atoms with Gasteiger partial charge < -0.3 is 19.8 Å². The summed E-state index contributed by atoms with van der Waals surface area (Å²) in [6.07, 6.45) is 0.805. The lowest BCUT2D eigenvalue weighted by molar-refractivity contribution is -0.120. The number of nitrogens with one attached hydrogen (secondary N) is 2. The Kier molecular flexibility index (Phi) is 8.12. The van der Waals surface area contributed by atoms with Crippen LogP contribution in [0.25, 0.3) is 0 Å². The number of rotatable bonds is 10. The monoisotopic (exact) mass is 439 g/mol. The van der Waals surface area contributed by atoms with Crippen molar-refractivity contribution in [3.63, 3.8) is 0 Å². The zero-order valence-corrected chi connectivity index (χ0v) is 18.3. The van der Waals surface area contributed by atoms with Crippen LogP contribution < -0.4 is 20.3 Å². The highest BCUT2D eigenvalue weighted by Gasteiger charge is 2.09. The Labute approximate surface area is 185 Å². The first-order chi connectivity index (χ1) is 15.1. The van der Waals surface area contributed by atoms with Gasteiger partial charge in [0.1, 0.15) is 11.5 Å². The minimum atomic E-state index is -0.284. The smallest absolute Gasteiger partial charge is 0.251 e. The number of ether oxygens (including phenoxy) is 2. The Hall–Kier alpha value is -3.26. The van der Waals surface area contributed by atoms with Gasteiger partial charge in [0.15, 0.2) is 5.16 Å². The lowest BCUT2D eigenvalue weighted by Crippen LogP contribution is -2.28. The number of carbonyl (C=O) groups is 1. The molecule has 3 aromatic rings. The molecular weight excluding hydrogens is 414 g/mol. The van der Waals surface area contributed by atoms with Gasteiger partial charge in [0, 0.05) is 24.4 Å². The predicted octanol–water partition coefficient (Wildman–Crippen LogP) is 2.98. The van der Waals surface area contributed by atoms with E-state index in [1.165, 1.54) is 17.8 Å². The van der Waals surface area contributed by atoms with Crippen molar-refractivity contribution in [2.45, 2.75) is 23.8 Å². The molecule has 0 radical (unpaired) electrons. The number of thioether (sulfide) groups is 1. The summed E-state index contributed by atoms with van der Waals surface area (Å²) >= 11 is 1.37. The summed E-state index contributed by atoms with van der Waals surface area (Å²) in [6.45, 7) is 0.533. The summed E-state index contributed by atoms with van der Waals surface area (Å²) in [6, 6.07) is 16.9. The Morgan fingerprint density at radius 1 is 1.03 bits per heavy atom. The maximum atomic E-state index is 12.2. The van der Waals surface area contributed by atoms with E-state index in [2.05, 4.69) is 15.3 Å². The molecule has 1 aromatic heterocycles. The molecule has 0 aliphatic carbocycles. The number of carbonyl (C=O) groups excluding carboxylic acids is 1. The predicted molar refractivity (Wildman–Crippen MR) is 121 cm³/mol. The number of methoxy groups -OCH3 is 2. The third kappa shape index (κ3) is 7.18. The van der Waals surface area contributed by atoms with Crippen LogP contribution >= 0.6 is 11.8 Å². The van der Waals surface area contributed by atoms with Crippen molar-refractivity contribution in [3.8, 4) is 11.5 Å². The second-order valence-corrected chi connectivity index (χ2v) is 7.78. The number of aromatic amines is 1. The molecule has 162 valence electrons. The number of nitrogens with zero attached hydrogens (tertiary/aromatic N) is 1. The molecule has 1 amide bonds. The van der Waals surface area contributed by atoms with E-state index >= 15 is 0 Å². The summed E-state index contributed by atoms with van der Waals surface area (Å²) in [5.41, 5.74) is 2.28. The first kappa shape index (κ1) is 22.4. The van der Waals surface area contributed by atoms with Crippen molar-refractivity contribution < 1.29 is 14.3 Å². The van der Waals surface area contributed by atoms with Crippen LogP contribution in [0.15, 0.2) is 64.5 Å². The van der Waals surface area contributed by atoms with Crippen molar-refractivity contribution in [1.82, 2.24) is 15.3 Å². The molecule has 1 heterocycles. The fourth-order valence-electron chi connectivity index (χ4n) is 2.96. The van der Waals surface area contributed by atoms with Gasteiger partial charge in [-0.25, -0.2) is 4.98 Å². The largest absolute Gasteiger partial charge is 0.497 e. The molecule has 3 rings (SSSR count). The van der Waals surface area contributed by atoms with Crippen LogP contribution in [0.4, 0.5) is 0 Å². The molecule has 0 aliphatic rings. The van der Waals surface area contributed by atoms with Gasteiger partial charge >= 0.3 is 0 Å². The molecule has 0 fully saturated rings. The highest BCUT2D eigenvalue weighted by Crippen LogP contribution is 2.26. The topological polar surface area (TPSA) is 93.3 Å². The summed E-state index contributed by atoms with van der Waals surface area (Å²) in [7, 11) is 3.19. The SMILES string of the molecule is COc1cc(CSc2nc(CC(=O)NCCc3ccccc3)cc(=O)[nH]2)cc(OC)c1. The van der Waals surface area contributed by atoms with E-state index in [1.807, 2.05) is 42.5 Å². The first-order valence-electron chi connectivity index (χ1n) is 9.81. The number of benzene rings is 2. The zero-order valence-electron chi connectivity index (χ0n) is 17.5. The normalized spacial score (nSPS) is 10.5. The summed E-state index contributed by atoms with van der Waals surface area (Å²) in [5, 5.41) is 3.34. The molecule has 0 saturated carbocycles. The lowest BCUT2D eigenvalue weighted by Gasteiger charge is -2.09. The quantitative estimate of drug-likeness (QED) is 0.373. The summed E-state index contributed by atoms with van der Waals surface area (Å²) in [4.78, 5) is 31.4. The van der Waals surface area contributed by atoms with Gasteiger partial charge in [0.2, 0.25) is 5.91 Å². The number of H-pyrrole nitrogens is 1. The van der Waals surface area contributed by atoms with Crippen molar-refractivity contribution in [2.75, 3.05) is 20.8 Å². The fourth-order valence-corrected chi connectivity index (χ4v) is 3.79. The maximum absolute atomic E-state index is 12.2. The second kappa shape index (κ2) is 11.2. The van der Waals surface area contributed by atoms with Gasteiger partial charge in [0.25, 0.3) is 5.56 Å². The Balaban J connectivity index is 1.57. The average molecular weight is 440 g/mol. The van der Waals surface area contributed by atoms with E-state index in [-0.39, 0.29) is 17.9 Å². The molecule has 2 aromatic carbocycles. The molecule has 2 N–H and O–H groups in total. The van der Waals surface area contributed by atoms with Crippen LogP contribution in [0.5, 0.6) is 11.5 Å². The van der Waals surface area contributed by atoms with Gasteiger partial charge in [-0.15, -0.1) is 0 Å². The fraction of sp³-hybridized carbons (Fsp3) is 0.261. The molecular formula is C23H25N3O4S. The Morgan fingerprint density at radius 2 is 1.74 bits per heavy atom. The first-order valence-corrected chi connectivity index (χ1v) is 10.8. The second-order valence-electron chi connectivity index (χ2n) is 6.81. The van der Waals surface area contributed by atoms with E-state index in [0.29, 0.717) is 34.6 Å².